The zero-order valence-corrected chi connectivity index (χ0v) is 8.79. The average molecular weight is 207 g/mol. The van der Waals surface area contributed by atoms with Crippen LogP contribution in [0.2, 0.25) is 0 Å². The van der Waals surface area contributed by atoms with Crippen molar-refractivity contribution >= 4 is 23.4 Å². The summed E-state index contributed by atoms with van der Waals surface area (Å²) in [5.41, 5.74) is 1.13. The fraction of sp³-hybridized carbons (Fsp3) is 0.778. The van der Waals surface area contributed by atoms with E-state index in [1.54, 1.807) is 0 Å². The van der Waals surface area contributed by atoms with Gasteiger partial charge in [-0.3, -0.25) is 0 Å². The van der Waals surface area contributed by atoms with Crippen LogP contribution in [0.5, 0.6) is 0 Å². The van der Waals surface area contributed by atoms with Gasteiger partial charge < -0.3 is 4.74 Å². The Morgan fingerprint density at radius 1 is 1.50 bits per heavy atom. The molecule has 1 fully saturated rings. The van der Waals surface area contributed by atoms with E-state index in [1.807, 2.05) is 11.8 Å². The van der Waals surface area contributed by atoms with Crippen molar-refractivity contribution in [1.29, 1.82) is 0 Å². The Morgan fingerprint density at radius 2 is 2.17 bits per heavy atom. The maximum Gasteiger partial charge on any atom is 0.0476 e. The van der Waals surface area contributed by atoms with E-state index in [0.29, 0.717) is 5.88 Å². The zero-order chi connectivity index (χ0) is 8.81. The number of hydrogen-bond donors (Lipinski definition) is 0. The second-order valence-electron chi connectivity index (χ2n) is 3.01. The van der Waals surface area contributed by atoms with Gasteiger partial charge in [-0.15, -0.1) is 11.6 Å². The summed E-state index contributed by atoms with van der Waals surface area (Å²) in [6.45, 7) is 5.72. The molecule has 0 aliphatic carbocycles. The molecule has 1 aliphatic heterocycles. The van der Waals surface area contributed by atoms with Gasteiger partial charge >= 0.3 is 0 Å². The number of halogens is 1. The van der Waals surface area contributed by atoms with Crippen LogP contribution in [0.25, 0.3) is 0 Å². The van der Waals surface area contributed by atoms with Crippen molar-refractivity contribution in [2.24, 2.45) is 0 Å². The number of hydrogen-bond acceptors (Lipinski definition) is 2. The summed E-state index contributed by atoms with van der Waals surface area (Å²) in [5.74, 6) is 1.60. The Kier molecular flexibility index (Phi) is 5.12. The first-order valence-corrected chi connectivity index (χ1v) is 5.83. The van der Waals surface area contributed by atoms with Crippen LogP contribution in [0.1, 0.15) is 12.8 Å². The van der Waals surface area contributed by atoms with Gasteiger partial charge in [0.05, 0.1) is 0 Å². The van der Waals surface area contributed by atoms with Gasteiger partial charge in [0.2, 0.25) is 0 Å². The van der Waals surface area contributed by atoms with Crippen LogP contribution in [-0.2, 0) is 4.74 Å². The summed E-state index contributed by atoms with van der Waals surface area (Å²) in [7, 11) is 0. The van der Waals surface area contributed by atoms with E-state index >= 15 is 0 Å². The van der Waals surface area contributed by atoms with Crippen LogP contribution < -0.4 is 0 Å². The van der Waals surface area contributed by atoms with Crippen molar-refractivity contribution in [3.05, 3.63) is 12.2 Å². The lowest BCUT2D eigenvalue weighted by molar-refractivity contribution is 0.100. The standard InChI is InChI=1S/C9H15ClOS/c1-8(6-10)7-12-9-2-4-11-5-3-9/h9H,1-7H2. The van der Waals surface area contributed by atoms with Crippen LogP contribution in [0.15, 0.2) is 12.2 Å². The molecule has 1 rings (SSSR count). The van der Waals surface area contributed by atoms with Gasteiger partial charge in [0.1, 0.15) is 0 Å². The fourth-order valence-corrected chi connectivity index (χ4v) is 2.42. The molecular formula is C9H15ClOS. The molecule has 0 aromatic heterocycles. The lowest BCUT2D eigenvalue weighted by Gasteiger charge is -2.21. The number of rotatable bonds is 4. The summed E-state index contributed by atoms with van der Waals surface area (Å²) in [5, 5.41) is 0.763. The highest BCUT2D eigenvalue weighted by Crippen LogP contribution is 2.23. The van der Waals surface area contributed by atoms with Crippen molar-refractivity contribution in [2.75, 3.05) is 24.8 Å². The third-order valence-electron chi connectivity index (χ3n) is 1.88. The minimum atomic E-state index is 0.593. The molecule has 0 bridgehead atoms. The highest BCUT2D eigenvalue weighted by atomic mass is 35.5. The van der Waals surface area contributed by atoms with E-state index < -0.39 is 0 Å². The van der Waals surface area contributed by atoms with Gasteiger partial charge in [-0.2, -0.15) is 11.8 Å². The van der Waals surface area contributed by atoms with Crippen molar-refractivity contribution in [3.8, 4) is 0 Å². The second kappa shape index (κ2) is 5.90. The van der Waals surface area contributed by atoms with E-state index in [2.05, 4.69) is 6.58 Å². The largest absolute Gasteiger partial charge is 0.381 e. The van der Waals surface area contributed by atoms with Crippen LogP contribution >= 0.6 is 23.4 Å². The highest BCUT2D eigenvalue weighted by Gasteiger charge is 2.13. The molecule has 0 spiro atoms. The normalized spacial score (nSPS) is 19.4. The smallest absolute Gasteiger partial charge is 0.0476 e. The lowest BCUT2D eigenvalue weighted by atomic mass is 10.2. The second-order valence-corrected chi connectivity index (χ2v) is 4.56. The maximum atomic E-state index is 5.63. The predicted molar refractivity (Wildman–Crippen MR) is 56.2 cm³/mol. The van der Waals surface area contributed by atoms with E-state index in [9.17, 15) is 0 Å². The molecule has 12 heavy (non-hydrogen) atoms. The molecule has 1 heterocycles. The molecular weight excluding hydrogens is 192 g/mol. The zero-order valence-electron chi connectivity index (χ0n) is 7.22. The number of alkyl halides is 1. The third kappa shape index (κ3) is 3.83. The van der Waals surface area contributed by atoms with Gasteiger partial charge in [-0.25, -0.2) is 0 Å². The molecule has 1 saturated heterocycles. The first-order valence-electron chi connectivity index (χ1n) is 4.25. The quantitative estimate of drug-likeness (QED) is 0.517. The Bertz CT molecular complexity index is 143. The van der Waals surface area contributed by atoms with Crippen molar-refractivity contribution < 1.29 is 4.74 Å². The van der Waals surface area contributed by atoms with Crippen molar-refractivity contribution in [2.45, 2.75) is 18.1 Å². The lowest BCUT2D eigenvalue weighted by Crippen LogP contribution is -2.18. The molecule has 1 nitrogen and oxygen atoms in total. The molecule has 0 amide bonds. The Morgan fingerprint density at radius 3 is 2.75 bits per heavy atom. The monoisotopic (exact) mass is 206 g/mol. The van der Waals surface area contributed by atoms with E-state index in [1.165, 1.54) is 12.8 Å². The highest BCUT2D eigenvalue weighted by molar-refractivity contribution is 8.00. The maximum absolute atomic E-state index is 5.63. The third-order valence-corrected chi connectivity index (χ3v) is 3.78. The Balaban J connectivity index is 2.09. The molecule has 1 aliphatic rings. The van der Waals surface area contributed by atoms with Gasteiger partial charge in [0, 0.05) is 30.1 Å². The number of thioether (sulfide) groups is 1. The average Bonchev–Trinajstić information content (AvgIpc) is 2.16. The molecule has 0 saturated carbocycles. The molecule has 0 atom stereocenters. The van der Waals surface area contributed by atoms with Crippen molar-refractivity contribution in [3.63, 3.8) is 0 Å². The molecule has 0 radical (unpaired) electrons. The summed E-state index contributed by atoms with van der Waals surface area (Å²) in [4.78, 5) is 0. The Hall–Kier alpha value is 0.340. The summed E-state index contributed by atoms with van der Waals surface area (Å²) in [6.07, 6.45) is 2.36. The van der Waals surface area contributed by atoms with Crippen LogP contribution in [0.4, 0.5) is 0 Å². The Labute approximate surface area is 83.5 Å². The summed E-state index contributed by atoms with van der Waals surface area (Å²) >= 11 is 7.60. The van der Waals surface area contributed by atoms with Gasteiger partial charge in [0.25, 0.3) is 0 Å². The minimum absolute atomic E-state index is 0.593. The fourth-order valence-electron chi connectivity index (χ4n) is 1.12. The van der Waals surface area contributed by atoms with E-state index in [-0.39, 0.29) is 0 Å². The van der Waals surface area contributed by atoms with Crippen LogP contribution in [0.3, 0.4) is 0 Å². The van der Waals surface area contributed by atoms with Gasteiger partial charge in [-0.1, -0.05) is 12.2 Å². The van der Waals surface area contributed by atoms with Gasteiger partial charge in [-0.05, 0) is 12.8 Å². The summed E-state index contributed by atoms with van der Waals surface area (Å²) < 4.78 is 5.27. The first kappa shape index (κ1) is 10.4. The molecule has 0 N–H and O–H groups in total. The van der Waals surface area contributed by atoms with E-state index in [0.717, 1.165) is 29.8 Å². The molecule has 0 aromatic carbocycles. The minimum Gasteiger partial charge on any atom is -0.381 e. The topological polar surface area (TPSA) is 9.23 Å². The van der Waals surface area contributed by atoms with Crippen LogP contribution in [0, 0.1) is 0 Å². The first-order chi connectivity index (χ1) is 5.83. The van der Waals surface area contributed by atoms with E-state index in [4.69, 9.17) is 16.3 Å². The molecule has 70 valence electrons. The van der Waals surface area contributed by atoms with Gasteiger partial charge in [0.15, 0.2) is 0 Å². The molecule has 0 aromatic rings. The molecule has 3 heteroatoms. The SMILES string of the molecule is C=C(CCl)CSC1CCOCC1. The molecule has 0 unspecified atom stereocenters. The number of ether oxygens (including phenoxy) is 1. The summed E-state index contributed by atoms with van der Waals surface area (Å²) in [6, 6.07) is 0. The predicted octanol–water partition coefficient (Wildman–Crippen LogP) is 2.69. The van der Waals surface area contributed by atoms with Crippen LogP contribution in [-0.4, -0.2) is 30.1 Å². The van der Waals surface area contributed by atoms with Crippen molar-refractivity contribution in [1.82, 2.24) is 0 Å².